The molecule has 0 fully saturated rings. The summed E-state index contributed by atoms with van der Waals surface area (Å²) in [5.74, 6) is -0.991. The van der Waals surface area contributed by atoms with Crippen LogP contribution in [0.5, 0.6) is 0 Å². The summed E-state index contributed by atoms with van der Waals surface area (Å²) in [5, 5.41) is 2.80. The van der Waals surface area contributed by atoms with Crippen LogP contribution in [0.15, 0.2) is 34.1 Å². The Hall–Kier alpha value is -1.99. The van der Waals surface area contributed by atoms with Crippen LogP contribution in [0.4, 0.5) is 0 Å². The summed E-state index contributed by atoms with van der Waals surface area (Å²) >= 11 is 4.91. The molecule has 22 heavy (non-hydrogen) atoms. The summed E-state index contributed by atoms with van der Waals surface area (Å²) in [4.78, 5) is 38.0. The molecule has 3 rings (SSSR count). The minimum absolute atomic E-state index is 0.276. The number of imide groups is 1. The highest BCUT2D eigenvalue weighted by Crippen LogP contribution is 2.23. The number of hydrogen-bond donors (Lipinski definition) is 1. The van der Waals surface area contributed by atoms with Crippen molar-refractivity contribution >= 4 is 45.0 Å². The maximum Gasteiger partial charge on any atom is 0.261 e. The SMILES string of the molecule is CN1C(=O)c2ccc(C(=O)NCc3ccc(Br)s3)cc2C1=O. The molecule has 0 radical (unpaired) electrons. The highest BCUT2D eigenvalue weighted by molar-refractivity contribution is 9.11. The zero-order valence-electron chi connectivity index (χ0n) is 11.6. The van der Waals surface area contributed by atoms with Gasteiger partial charge in [-0.05, 0) is 46.3 Å². The number of carbonyl (C=O) groups is 3. The van der Waals surface area contributed by atoms with Gasteiger partial charge >= 0.3 is 0 Å². The van der Waals surface area contributed by atoms with Crippen LogP contribution in [-0.4, -0.2) is 29.7 Å². The van der Waals surface area contributed by atoms with Gasteiger partial charge < -0.3 is 5.32 Å². The van der Waals surface area contributed by atoms with Gasteiger partial charge in [-0.1, -0.05) is 0 Å². The Balaban J connectivity index is 1.77. The van der Waals surface area contributed by atoms with E-state index in [0.29, 0.717) is 17.7 Å². The third-order valence-corrected chi connectivity index (χ3v) is 5.03. The molecule has 3 amide bonds. The van der Waals surface area contributed by atoms with Crippen molar-refractivity contribution in [2.75, 3.05) is 7.05 Å². The number of amides is 3. The standard InChI is InChI=1S/C15H11BrN2O3S/c1-18-14(20)10-4-2-8(6-11(10)15(18)21)13(19)17-7-9-3-5-12(16)22-9/h2-6H,7H2,1H3,(H,17,19). The van der Waals surface area contributed by atoms with Crippen molar-refractivity contribution in [1.29, 1.82) is 0 Å². The lowest BCUT2D eigenvalue weighted by Gasteiger charge is -2.05. The predicted molar refractivity (Wildman–Crippen MR) is 86.1 cm³/mol. The summed E-state index contributed by atoms with van der Waals surface area (Å²) in [5.41, 5.74) is 0.982. The first-order valence-electron chi connectivity index (χ1n) is 6.46. The lowest BCUT2D eigenvalue weighted by Crippen LogP contribution is -2.24. The van der Waals surface area contributed by atoms with Crippen LogP contribution in [-0.2, 0) is 6.54 Å². The lowest BCUT2D eigenvalue weighted by molar-refractivity contribution is 0.0693. The largest absolute Gasteiger partial charge is 0.347 e. The van der Waals surface area contributed by atoms with Gasteiger partial charge in [-0.2, -0.15) is 0 Å². The molecule has 1 aromatic heterocycles. The third kappa shape index (κ3) is 2.57. The van der Waals surface area contributed by atoms with Crippen LogP contribution < -0.4 is 5.32 Å². The van der Waals surface area contributed by atoms with Crippen LogP contribution in [0, 0.1) is 0 Å². The van der Waals surface area contributed by atoms with Crippen LogP contribution in [0.25, 0.3) is 0 Å². The van der Waals surface area contributed by atoms with Gasteiger partial charge in [-0.15, -0.1) is 11.3 Å². The molecule has 0 aliphatic carbocycles. The van der Waals surface area contributed by atoms with Gasteiger partial charge in [0.25, 0.3) is 17.7 Å². The number of carbonyl (C=O) groups excluding carboxylic acids is 3. The Morgan fingerprint density at radius 1 is 1.18 bits per heavy atom. The van der Waals surface area contributed by atoms with Gasteiger partial charge in [0.2, 0.25) is 0 Å². The van der Waals surface area contributed by atoms with Gasteiger partial charge in [-0.25, -0.2) is 0 Å². The highest BCUT2D eigenvalue weighted by Gasteiger charge is 2.33. The van der Waals surface area contributed by atoms with E-state index in [-0.39, 0.29) is 23.3 Å². The molecule has 2 heterocycles. The molecule has 112 valence electrons. The van der Waals surface area contributed by atoms with Crippen molar-refractivity contribution in [3.63, 3.8) is 0 Å². The summed E-state index contributed by atoms with van der Waals surface area (Å²) in [7, 11) is 1.43. The molecule has 1 aromatic carbocycles. The molecule has 1 aliphatic rings. The minimum atomic E-state index is -0.378. The fourth-order valence-corrected chi connectivity index (χ4v) is 3.64. The quantitative estimate of drug-likeness (QED) is 0.834. The monoisotopic (exact) mass is 378 g/mol. The first-order chi connectivity index (χ1) is 10.5. The Labute approximate surface area is 139 Å². The van der Waals surface area contributed by atoms with Gasteiger partial charge in [0.15, 0.2) is 0 Å². The van der Waals surface area contributed by atoms with Crippen LogP contribution in [0.2, 0.25) is 0 Å². The molecule has 1 N–H and O–H groups in total. The van der Waals surface area contributed by atoms with Crippen molar-refractivity contribution in [3.8, 4) is 0 Å². The molecular formula is C15H11BrN2O3S. The van der Waals surface area contributed by atoms with Crippen molar-refractivity contribution in [3.05, 3.63) is 55.7 Å². The number of thiophene rings is 1. The average Bonchev–Trinajstić information content (AvgIpc) is 3.03. The molecule has 0 bridgehead atoms. The smallest absolute Gasteiger partial charge is 0.261 e. The number of halogens is 1. The van der Waals surface area contributed by atoms with Crippen molar-refractivity contribution < 1.29 is 14.4 Å². The number of benzene rings is 1. The molecule has 1 aliphatic heterocycles. The highest BCUT2D eigenvalue weighted by atomic mass is 79.9. The van der Waals surface area contributed by atoms with E-state index < -0.39 is 0 Å². The van der Waals surface area contributed by atoms with Crippen LogP contribution in [0.3, 0.4) is 0 Å². The Morgan fingerprint density at radius 2 is 1.91 bits per heavy atom. The molecular weight excluding hydrogens is 368 g/mol. The van der Waals surface area contributed by atoms with E-state index in [1.54, 1.807) is 17.4 Å². The Kier molecular flexibility index (Phi) is 3.84. The molecule has 2 aromatic rings. The first-order valence-corrected chi connectivity index (χ1v) is 8.07. The van der Waals surface area contributed by atoms with Gasteiger partial charge in [0, 0.05) is 17.5 Å². The maximum atomic E-state index is 12.2. The van der Waals surface area contributed by atoms with E-state index in [0.717, 1.165) is 13.6 Å². The van der Waals surface area contributed by atoms with E-state index in [1.807, 2.05) is 12.1 Å². The zero-order chi connectivity index (χ0) is 15.9. The molecule has 7 heteroatoms. The molecule has 0 unspecified atom stereocenters. The maximum absolute atomic E-state index is 12.2. The second kappa shape index (κ2) is 5.66. The van der Waals surface area contributed by atoms with Crippen molar-refractivity contribution in [1.82, 2.24) is 10.2 Å². The second-order valence-electron chi connectivity index (χ2n) is 4.82. The molecule has 0 saturated heterocycles. The Morgan fingerprint density at radius 3 is 2.59 bits per heavy atom. The third-order valence-electron chi connectivity index (χ3n) is 3.40. The summed E-state index contributed by atoms with van der Waals surface area (Å²) in [6.45, 7) is 0.416. The average molecular weight is 379 g/mol. The molecule has 0 saturated carbocycles. The number of rotatable bonds is 3. The summed E-state index contributed by atoms with van der Waals surface area (Å²) in [6, 6.07) is 8.40. The topological polar surface area (TPSA) is 66.5 Å². The fourth-order valence-electron chi connectivity index (χ4n) is 2.22. The van der Waals surface area contributed by atoms with E-state index in [1.165, 1.54) is 19.2 Å². The van der Waals surface area contributed by atoms with E-state index >= 15 is 0 Å². The molecule has 5 nitrogen and oxygen atoms in total. The number of hydrogen-bond acceptors (Lipinski definition) is 4. The van der Waals surface area contributed by atoms with Crippen molar-refractivity contribution in [2.24, 2.45) is 0 Å². The van der Waals surface area contributed by atoms with Crippen LogP contribution in [0.1, 0.15) is 36.0 Å². The van der Waals surface area contributed by atoms with Gasteiger partial charge in [0.05, 0.1) is 21.5 Å². The van der Waals surface area contributed by atoms with Gasteiger partial charge in [0.1, 0.15) is 0 Å². The predicted octanol–water partition coefficient (Wildman–Crippen LogP) is 2.67. The molecule has 0 atom stereocenters. The zero-order valence-corrected chi connectivity index (χ0v) is 14.0. The minimum Gasteiger partial charge on any atom is -0.347 e. The Bertz CT molecular complexity index is 800. The first kappa shape index (κ1) is 14.9. The summed E-state index contributed by atoms with van der Waals surface area (Å²) < 4.78 is 1.00. The fraction of sp³-hybridized carbons (Fsp3) is 0.133. The van der Waals surface area contributed by atoms with Crippen LogP contribution >= 0.6 is 27.3 Å². The number of fused-ring (bicyclic) bond motifs is 1. The lowest BCUT2D eigenvalue weighted by atomic mass is 10.1. The van der Waals surface area contributed by atoms with Gasteiger partial charge in [-0.3, -0.25) is 19.3 Å². The van der Waals surface area contributed by atoms with Crippen molar-refractivity contribution in [2.45, 2.75) is 6.54 Å². The molecule has 0 spiro atoms. The number of nitrogens with zero attached hydrogens (tertiary/aromatic N) is 1. The second-order valence-corrected chi connectivity index (χ2v) is 7.37. The number of nitrogens with one attached hydrogen (secondary N) is 1. The van der Waals surface area contributed by atoms with E-state index in [9.17, 15) is 14.4 Å². The van der Waals surface area contributed by atoms with E-state index in [2.05, 4.69) is 21.2 Å². The normalized spacial score (nSPS) is 13.5. The summed E-state index contributed by atoms with van der Waals surface area (Å²) in [6.07, 6.45) is 0. The van der Waals surface area contributed by atoms with E-state index in [4.69, 9.17) is 0 Å².